The molecule has 4 rings (SSSR count). The molecule has 3 aromatic rings. The van der Waals surface area contributed by atoms with Gasteiger partial charge in [0.1, 0.15) is 10.1 Å². The summed E-state index contributed by atoms with van der Waals surface area (Å²) < 4.78 is 7.18. The van der Waals surface area contributed by atoms with Gasteiger partial charge in [0.25, 0.3) is 11.8 Å². The maximum atomic E-state index is 13.1. The molecule has 1 fully saturated rings. The van der Waals surface area contributed by atoms with Crippen LogP contribution in [-0.2, 0) is 9.59 Å². The number of hydrogen-bond donors (Lipinski definition) is 1. The van der Waals surface area contributed by atoms with Crippen LogP contribution >= 0.6 is 39.9 Å². The lowest BCUT2D eigenvalue weighted by Gasteiger charge is -2.23. The summed E-state index contributed by atoms with van der Waals surface area (Å²) in [6, 6.07) is 22.6. The summed E-state index contributed by atoms with van der Waals surface area (Å²) in [5.41, 5.74) is 3.51. The fraction of sp³-hybridized carbons (Fsp3) is 0.148. The Balaban J connectivity index is 1.41. The first kappa shape index (κ1) is 25.2. The number of benzene rings is 3. The van der Waals surface area contributed by atoms with E-state index in [0.29, 0.717) is 15.0 Å². The highest BCUT2D eigenvalue weighted by molar-refractivity contribution is 9.10. The third-order valence-electron chi connectivity index (χ3n) is 5.48. The highest BCUT2D eigenvalue weighted by atomic mass is 79.9. The van der Waals surface area contributed by atoms with Crippen molar-refractivity contribution in [3.63, 3.8) is 0 Å². The van der Waals surface area contributed by atoms with E-state index in [1.165, 1.54) is 11.8 Å². The summed E-state index contributed by atoms with van der Waals surface area (Å²) in [7, 11) is 0. The molecule has 0 spiro atoms. The average Bonchev–Trinajstić information content (AvgIpc) is 3.12. The van der Waals surface area contributed by atoms with Gasteiger partial charge in [0, 0.05) is 10.2 Å². The summed E-state index contributed by atoms with van der Waals surface area (Å²) in [4.78, 5) is 27.7. The van der Waals surface area contributed by atoms with Crippen molar-refractivity contribution < 1.29 is 14.3 Å². The van der Waals surface area contributed by atoms with Crippen molar-refractivity contribution in [3.8, 4) is 5.75 Å². The van der Waals surface area contributed by atoms with Gasteiger partial charge >= 0.3 is 0 Å². The van der Waals surface area contributed by atoms with E-state index >= 15 is 0 Å². The molecule has 1 atom stereocenters. The first-order valence-corrected chi connectivity index (χ1v) is 12.9. The van der Waals surface area contributed by atoms with Crippen LogP contribution < -0.4 is 10.1 Å². The summed E-state index contributed by atoms with van der Waals surface area (Å²) in [5.74, 6) is 0.165. The van der Waals surface area contributed by atoms with Crippen molar-refractivity contribution in [1.82, 2.24) is 4.90 Å². The minimum atomic E-state index is -0.253. The van der Waals surface area contributed by atoms with E-state index in [-0.39, 0.29) is 24.5 Å². The molecule has 5 nitrogen and oxygen atoms in total. The Kier molecular flexibility index (Phi) is 8.05. The molecule has 1 aliphatic heterocycles. The van der Waals surface area contributed by atoms with Gasteiger partial charge in [-0.25, -0.2) is 0 Å². The predicted octanol–water partition coefficient (Wildman–Crippen LogP) is 6.74. The molecule has 0 radical (unpaired) electrons. The van der Waals surface area contributed by atoms with Crippen LogP contribution in [0.25, 0.3) is 6.08 Å². The van der Waals surface area contributed by atoms with Gasteiger partial charge in [-0.05, 0) is 66.9 Å². The summed E-state index contributed by atoms with van der Waals surface area (Å²) in [5, 5.41) is 2.86. The topological polar surface area (TPSA) is 58.6 Å². The number of thioether (sulfide) groups is 1. The molecule has 2 amide bonds. The number of carbonyl (C=O) groups excluding carboxylic acids is 2. The fourth-order valence-corrected chi connectivity index (χ4v) is 5.54. The Morgan fingerprint density at radius 3 is 2.66 bits per heavy atom. The molecule has 1 N–H and O–H groups in total. The van der Waals surface area contributed by atoms with Gasteiger partial charge in [0.05, 0.1) is 10.9 Å². The number of nitrogens with one attached hydrogen (secondary N) is 1. The number of amides is 2. The number of anilines is 1. The number of rotatable bonds is 7. The quantitative estimate of drug-likeness (QED) is 0.253. The number of aryl methyl sites for hydroxylation is 1. The molecule has 8 heteroatoms. The Bertz CT molecular complexity index is 1310. The maximum absolute atomic E-state index is 13.1. The Labute approximate surface area is 222 Å². The molecular weight excluding hydrogens is 544 g/mol. The molecule has 0 aliphatic carbocycles. The lowest BCUT2D eigenvalue weighted by Crippen LogP contribution is -2.30. The maximum Gasteiger partial charge on any atom is 0.266 e. The second-order valence-electron chi connectivity index (χ2n) is 8.01. The minimum absolute atomic E-state index is 0.119. The standard InChI is InChI=1S/C27H23BrN2O3S2/c1-17-13-21(28)11-12-23(17)29-25(31)16-33-22-10-6-7-19(14-22)15-24-26(32)30(27(34)35-24)18(2)20-8-4-3-5-9-20/h3-15,18H,16H2,1-2H3,(H,29,31)/b24-15-/t18-/m0/s1. The van der Waals surface area contributed by atoms with Gasteiger partial charge in [-0.15, -0.1) is 0 Å². The monoisotopic (exact) mass is 566 g/mol. The van der Waals surface area contributed by atoms with Crippen molar-refractivity contribution in [2.75, 3.05) is 11.9 Å². The lowest BCUT2D eigenvalue weighted by atomic mass is 10.1. The molecule has 0 aromatic heterocycles. The molecule has 3 aromatic carbocycles. The highest BCUT2D eigenvalue weighted by Gasteiger charge is 2.35. The van der Waals surface area contributed by atoms with Gasteiger partial charge in [0.15, 0.2) is 6.61 Å². The van der Waals surface area contributed by atoms with Crippen LogP contribution in [0.2, 0.25) is 0 Å². The van der Waals surface area contributed by atoms with Gasteiger partial charge in [-0.3, -0.25) is 14.5 Å². The molecule has 178 valence electrons. The minimum Gasteiger partial charge on any atom is -0.484 e. The average molecular weight is 568 g/mol. The van der Waals surface area contributed by atoms with Gasteiger partial charge in [-0.1, -0.05) is 82.4 Å². The molecule has 1 heterocycles. The van der Waals surface area contributed by atoms with Crippen LogP contribution in [0.4, 0.5) is 5.69 Å². The zero-order valence-corrected chi connectivity index (χ0v) is 22.4. The SMILES string of the molecule is Cc1cc(Br)ccc1NC(=O)COc1cccc(/C=C2\SC(=S)N([C@@H](C)c3ccccc3)C2=O)c1. The van der Waals surface area contributed by atoms with E-state index in [4.69, 9.17) is 17.0 Å². The molecule has 0 saturated carbocycles. The summed E-state index contributed by atoms with van der Waals surface area (Å²) in [6.45, 7) is 3.77. The van der Waals surface area contributed by atoms with E-state index < -0.39 is 0 Å². The molecule has 1 aliphatic rings. The van der Waals surface area contributed by atoms with Gasteiger partial charge < -0.3 is 10.1 Å². The van der Waals surface area contributed by atoms with Crippen molar-refractivity contribution >= 4 is 67.8 Å². The molecule has 35 heavy (non-hydrogen) atoms. The van der Waals surface area contributed by atoms with Crippen molar-refractivity contribution in [2.45, 2.75) is 19.9 Å². The lowest BCUT2D eigenvalue weighted by molar-refractivity contribution is -0.123. The fourth-order valence-electron chi connectivity index (χ4n) is 3.64. The Hall–Kier alpha value is -2.94. The van der Waals surface area contributed by atoms with Crippen molar-refractivity contribution in [2.24, 2.45) is 0 Å². The van der Waals surface area contributed by atoms with E-state index in [1.54, 1.807) is 23.1 Å². The van der Waals surface area contributed by atoms with Crippen molar-refractivity contribution in [3.05, 3.63) is 98.9 Å². The first-order chi connectivity index (χ1) is 16.8. The van der Waals surface area contributed by atoms with E-state index in [2.05, 4.69) is 21.2 Å². The zero-order valence-electron chi connectivity index (χ0n) is 19.2. The van der Waals surface area contributed by atoms with E-state index in [1.807, 2.05) is 74.5 Å². The first-order valence-electron chi connectivity index (χ1n) is 10.9. The summed E-state index contributed by atoms with van der Waals surface area (Å²) >= 11 is 10.2. The van der Waals surface area contributed by atoms with Crippen LogP contribution in [0.1, 0.15) is 29.7 Å². The number of halogens is 1. The molecule has 1 saturated heterocycles. The third-order valence-corrected chi connectivity index (χ3v) is 7.30. The van der Waals surface area contributed by atoms with Crippen LogP contribution in [0.5, 0.6) is 5.75 Å². The summed E-state index contributed by atoms with van der Waals surface area (Å²) in [6.07, 6.45) is 1.80. The second kappa shape index (κ2) is 11.2. The predicted molar refractivity (Wildman–Crippen MR) is 149 cm³/mol. The van der Waals surface area contributed by atoms with Crippen LogP contribution in [0, 0.1) is 6.92 Å². The Morgan fingerprint density at radius 1 is 1.14 bits per heavy atom. The Morgan fingerprint density at radius 2 is 1.91 bits per heavy atom. The number of thiocarbonyl (C=S) groups is 1. The van der Waals surface area contributed by atoms with Crippen LogP contribution in [0.3, 0.4) is 0 Å². The van der Waals surface area contributed by atoms with Crippen LogP contribution in [0.15, 0.2) is 82.2 Å². The smallest absolute Gasteiger partial charge is 0.266 e. The second-order valence-corrected chi connectivity index (χ2v) is 10.6. The number of ether oxygens (including phenoxy) is 1. The zero-order chi connectivity index (χ0) is 24.9. The molecular formula is C27H23BrN2O3S2. The largest absolute Gasteiger partial charge is 0.484 e. The van der Waals surface area contributed by atoms with E-state index in [9.17, 15) is 9.59 Å². The van der Waals surface area contributed by atoms with Gasteiger partial charge in [-0.2, -0.15) is 0 Å². The molecule has 0 bridgehead atoms. The number of nitrogens with zero attached hydrogens (tertiary/aromatic N) is 1. The molecule has 0 unspecified atom stereocenters. The highest BCUT2D eigenvalue weighted by Crippen LogP contribution is 2.38. The number of hydrogen-bond acceptors (Lipinski definition) is 5. The normalized spacial score (nSPS) is 15.4. The van der Waals surface area contributed by atoms with Crippen molar-refractivity contribution in [1.29, 1.82) is 0 Å². The third kappa shape index (κ3) is 6.20. The number of carbonyl (C=O) groups is 2. The van der Waals surface area contributed by atoms with Gasteiger partial charge in [0.2, 0.25) is 0 Å². The van der Waals surface area contributed by atoms with Crippen LogP contribution in [-0.4, -0.2) is 27.6 Å². The van der Waals surface area contributed by atoms with E-state index in [0.717, 1.165) is 26.9 Å².